The number of aryl methyl sites for hydroxylation is 3. The highest BCUT2D eigenvalue weighted by atomic mass is 79.9. The number of halogens is 1. The van der Waals surface area contributed by atoms with E-state index in [1.54, 1.807) is 23.9 Å². The smallest absolute Gasteiger partial charge is 0.310 e. The third kappa shape index (κ3) is 2.82. The third-order valence-corrected chi connectivity index (χ3v) is 3.97. The second-order valence-corrected chi connectivity index (χ2v) is 5.28. The monoisotopic (exact) mass is 339 g/mol. The van der Waals surface area contributed by atoms with E-state index in [1.165, 1.54) is 6.07 Å². The number of nitro groups is 1. The first kappa shape index (κ1) is 14.5. The zero-order valence-corrected chi connectivity index (χ0v) is 13.0. The SMILES string of the molecule is Cc1ccc([N+](=O)[O-])c(OCc2c(Br)c(C)nn2C)c1. The minimum absolute atomic E-state index is 0.0365. The Balaban J connectivity index is 2.27. The lowest BCUT2D eigenvalue weighted by Gasteiger charge is -2.08. The molecule has 1 aromatic heterocycles. The summed E-state index contributed by atoms with van der Waals surface area (Å²) in [4.78, 5) is 10.5. The van der Waals surface area contributed by atoms with Crippen molar-refractivity contribution in [2.24, 2.45) is 7.05 Å². The van der Waals surface area contributed by atoms with Crippen LogP contribution in [0.2, 0.25) is 0 Å². The van der Waals surface area contributed by atoms with Gasteiger partial charge in [0.25, 0.3) is 0 Å². The summed E-state index contributed by atoms with van der Waals surface area (Å²) in [6.07, 6.45) is 0. The number of nitro benzene ring substituents is 1. The highest BCUT2D eigenvalue weighted by molar-refractivity contribution is 9.10. The summed E-state index contributed by atoms with van der Waals surface area (Å²) in [5, 5.41) is 15.2. The van der Waals surface area contributed by atoms with Crippen LogP contribution in [0.4, 0.5) is 5.69 Å². The quantitative estimate of drug-likeness (QED) is 0.633. The lowest BCUT2D eigenvalue weighted by atomic mass is 10.2. The normalized spacial score (nSPS) is 10.6. The molecule has 0 radical (unpaired) electrons. The molecule has 0 N–H and O–H groups in total. The summed E-state index contributed by atoms with van der Waals surface area (Å²) >= 11 is 3.44. The Kier molecular flexibility index (Phi) is 4.08. The lowest BCUT2D eigenvalue weighted by Crippen LogP contribution is -2.05. The van der Waals surface area contributed by atoms with Crippen LogP contribution in [0.1, 0.15) is 17.0 Å². The summed E-state index contributed by atoms with van der Waals surface area (Å²) in [6.45, 7) is 3.95. The third-order valence-electron chi connectivity index (χ3n) is 2.94. The Labute approximate surface area is 124 Å². The number of nitrogens with zero attached hydrogens (tertiary/aromatic N) is 3. The minimum Gasteiger partial charge on any atom is -0.480 e. The fourth-order valence-electron chi connectivity index (χ4n) is 1.87. The molecule has 2 aromatic rings. The number of ether oxygens (including phenoxy) is 1. The molecule has 0 amide bonds. The van der Waals surface area contributed by atoms with Crippen LogP contribution in [0.5, 0.6) is 5.75 Å². The summed E-state index contributed by atoms with van der Waals surface area (Å²) < 4.78 is 8.16. The number of hydrogen-bond acceptors (Lipinski definition) is 4. The van der Waals surface area contributed by atoms with Crippen molar-refractivity contribution in [2.45, 2.75) is 20.5 Å². The van der Waals surface area contributed by atoms with Crippen LogP contribution < -0.4 is 4.74 Å². The molecule has 0 bridgehead atoms. The summed E-state index contributed by atoms with van der Waals surface area (Å²) in [7, 11) is 1.81. The van der Waals surface area contributed by atoms with E-state index in [1.807, 2.05) is 13.8 Å². The lowest BCUT2D eigenvalue weighted by molar-refractivity contribution is -0.386. The van der Waals surface area contributed by atoms with Gasteiger partial charge in [-0.3, -0.25) is 14.8 Å². The molecule has 0 saturated heterocycles. The Bertz CT molecular complexity index is 667. The average Bonchev–Trinajstić information content (AvgIpc) is 2.61. The van der Waals surface area contributed by atoms with Crippen molar-refractivity contribution >= 4 is 21.6 Å². The van der Waals surface area contributed by atoms with E-state index in [0.717, 1.165) is 21.4 Å². The van der Waals surface area contributed by atoms with Gasteiger partial charge in [-0.25, -0.2) is 0 Å². The van der Waals surface area contributed by atoms with E-state index in [2.05, 4.69) is 21.0 Å². The zero-order valence-electron chi connectivity index (χ0n) is 11.4. The molecule has 0 atom stereocenters. The van der Waals surface area contributed by atoms with Gasteiger partial charge in [0.1, 0.15) is 6.61 Å². The average molecular weight is 340 g/mol. The van der Waals surface area contributed by atoms with Gasteiger partial charge in [-0.15, -0.1) is 0 Å². The number of hydrogen-bond donors (Lipinski definition) is 0. The largest absolute Gasteiger partial charge is 0.480 e. The molecule has 6 nitrogen and oxygen atoms in total. The Morgan fingerprint density at radius 3 is 2.70 bits per heavy atom. The molecule has 1 aromatic carbocycles. The van der Waals surface area contributed by atoms with E-state index in [9.17, 15) is 10.1 Å². The molecule has 0 aliphatic carbocycles. The standard InChI is InChI=1S/C13H14BrN3O3/c1-8-4-5-10(17(18)19)12(6-8)20-7-11-13(14)9(2)15-16(11)3/h4-6H,7H2,1-3H3. The van der Waals surface area contributed by atoms with Crippen LogP contribution in [0.3, 0.4) is 0 Å². The molecule has 7 heteroatoms. The van der Waals surface area contributed by atoms with Crippen molar-refractivity contribution < 1.29 is 9.66 Å². The van der Waals surface area contributed by atoms with Gasteiger partial charge in [0.05, 0.1) is 20.8 Å². The van der Waals surface area contributed by atoms with Gasteiger partial charge < -0.3 is 4.74 Å². The van der Waals surface area contributed by atoms with Crippen molar-refractivity contribution in [2.75, 3.05) is 0 Å². The van der Waals surface area contributed by atoms with Gasteiger partial charge in [0.2, 0.25) is 0 Å². The Morgan fingerprint density at radius 2 is 2.15 bits per heavy atom. The van der Waals surface area contributed by atoms with Gasteiger partial charge in [-0.1, -0.05) is 6.07 Å². The van der Waals surface area contributed by atoms with Gasteiger partial charge >= 0.3 is 5.69 Å². The Hall–Kier alpha value is -1.89. The van der Waals surface area contributed by atoms with Crippen LogP contribution in [0.25, 0.3) is 0 Å². The molecule has 1 heterocycles. The zero-order chi connectivity index (χ0) is 14.9. The number of benzene rings is 1. The first-order valence-electron chi connectivity index (χ1n) is 5.96. The number of rotatable bonds is 4. The van der Waals surface area contributed by atoms with Crippen molar-refractivity contribution in [3.05, 3.63) is 49.7 Å². The molecule has 0 aliphatic heterocycles. The maximum Gasteiger partial charge on any atom is 0.310 e. The molecule has 106 valence electrons. The molecule has 0 spiro atoms. The molecular weight excluding hydrogens is 326 g/mol. The molecule has 0 fully saturated rings. The van der Waals surface area contributed by atoms with E-state index in [0.29, 0.717) is 0 Å². The van der Waals surface area contributed by atoms with Crippen LogP contribution >= 0.6 is 15.9 Å². The minimum atomic E-state index is -0.446. The molecular formula is C13H14BrN3O3. The molecule has 0 aliphatic rings. The van der Waals surface area contributed by atoms with Crippen LogP contribution in [0.15, 0.2) is 22.7 Å². The van der Waals surface area contributed by atoms with Crippen molar-refractivity contribution in [1.82, 2.24) is 9.78 Å². The number of aromatic nitrogens is 2. The summed E-state index contributed by atoms with van der Waals surface area (Å²) in [5.74, 6) is 0.265. The van der Waals surface area contributed by atoms with Crippen molar-refractivity contribution in [3.8, 4) is 5.75 Å². The fourth-order valence-corrected chi connectivity index (χ4v) is 2.32. The summed E-state index contributed by atoms with van der Waals surface area (Å²) in [6, 6.07) is 4.80. The maximum absolute atomic E-state index is 11.0. The summed E-state index contributed by atoms with van der Waals surface area (Å²) in [5.41, 5.74) is 2.56. The van der Waals surface area contributed by atoms with Crippen LogP contribution in [-0.4, -0.2) is 14.7 Å². The maximum atomic E-state index is 11.0. The highest BCUT2D eigenvalue weighted by Gasteiger charge is 2.17. The van der Waals surface area contributed by atoms with Gasteiger partial charge in [-0.05, 0) is 41.4 Å². The highest BCUT2D eigenvalue weighted by Crippen LogP contribution is 2.29. The van der Waals surface area contributed by atoms with E-state index < -0.39 is 4.92 Å². The fraction of sp³-hybridized carbons (Fsp3) is 0.308. The second kappa shape index (κ2) is 5.62. The van der Waals surface area contributed by atoms with E-state index in [-0.39, 0.29) is 18.0 Å². The van der Waals surface area contributed by atoms with Gasteiger partial charge in [0.15, 0.2) is 5.75 Å². The van der Waals surface area contributed by atoms with E-state index in [4.69, 9.17) is 4.74 Å². The van der Waals surface area contributed by atoms with E-state index >= 15 is 0 Å². The predicted molar refractivity (Wildman–Crippen MR) is 77.8 cm³/mol. The van der Waals surface area contributed by atoms with Gasteiger partial charge in [-0.2, -0.15) is 5.10 Å². The Morgan fingerprint density at radius 1 is 1.45 bits per heavy atom. The predicted octanol–water partition coefficient (Wildman–Crippen LogP) is 3.29. The van der Waals surface area contributed by atoms with Crippen molar-refractivity contribution in [1.29, 1.82) is 0 Å². The topological polar surface area (TPSA) is 70.2 Å². The van der Waals surface area contributed by atoms with Crippen LogP contribution in [0, 0.1) is 24.0 Å². The molecule has 0 unspecified atom stereocenters. The first-order valence-corrected chi connectivity index (χ1v) is 6.75. The molecule has 20 heavy (non-hydrogen) atoms. The molecule has 2 rings (SSSR count). The first-order chi connectivity index (χ1) is 9.40. The van der Waals surface area contributed by atoms with Crippen LogP contribution in [-0.2, 0) is 13.7 Å². The second-order valence-electron chi connectivity index (χ2n) is 4.49. The van der Waals surface area contributed by atoms with Crippen molar-refractivity contribution in [3.63, 3.8) is 0 Å². The molecule has 0 saturated carbocycles. The van der Waals surface area contributed by atoms with Gasteiger partial charge in [0, 0.05) is 13.1 Å².